The van der Waals surface area contributed by atoms with Crippen LogP contribution < -0.4 is 16.2 Å². The van der Waals surface area contributed by atoms with Crippen LogP contribution in [-0.4, -0.2) is 57.2 Å². The molecular formula is C18H30ClFN4O2. The third-order valence-corrected chi connectivity index (χ3v) is 4.46. The third-order valence-electron chi connectivity index (χ3n) is 4.46. The van der Waals surface area contributed by atoms with Crippen molar-refractivity contribution in [1.82, 2.24) is 21.1 Å². The zero-order valence-corrected chi connectivity index (χ0v) is 16.3. The average molecular weight is 389 g/mol. The Morgan fingerprint density at radius 3 is 2.96 bits per heavy atom. The first-order chi connectivity index (χ1) is 12.1. The molecule has 1 saturated heterocycles. The summed E-state index contributed by atoms with van der Waals surface area (Å²) in [6, 6.07) is 7.17. The van der Waals surface area contributed by atoms with Crippen molar-refractivity contribution in [3.8, 4) is 0 Å². The molecule has 0 aliphatic carbocycles. The van der Waals surface area contributed by atoms with Gasteiger partial charge in [-0.1, -0.05) is 12.1 Å². The molecule has 0 bridgehead atoms. The number of rotatable bonds is 10. The van der Waals surface area contributed by atoms with Crippen LogP contribution in [0.4, 0.5) is 4.39 Å². The van der Waals surface area contributed by atoms with Gasteiger partial charge in [0.2, 0.25) is 5.91 Å². The molecule has 8 heteroatoms. The summed E-state index contributed by atoms with van der Waals surface area (Å²) in [7, 11) is 3.47. The molecule has 1 aromatic carbocycles. The SMILES string of the molecule is COCCNCC(=O)N(C)CCCC1CC(c2cccc(F)c2)NN1.Cl. The predicted octanol–water partition coefficient (Wildman–Crippen LogP) is 1.63. The Bertz CT molecular complexity index is 550. The fourth-order valence-corrected chi connectivity index (χ4v) is 2.96. The zero-order chi connectivity index (χ0) is 18.1. The number of likely N-dealkylation sites (N-methyl/N-ethyl adjacent to an activating group) is 1. The average Bonchev–Trinajstić information content (AvgIpc) is 3.07. The summed E-state index contributed by atoms with van der Waals surface area (Å²) in [5.41, 5.74) is 7.47. The van der Waals surface area contributed by atoms with Crippen LogP contribution in [0, 0.1) is 5.82 Å². The Kier molecular flexibility index (Phi) is 10.7. The largest absolute Gasteiger partial charge is 0.383 e. The summed E-state index contributed by atoms with van der Waals surface area (Å²) in [6.45, 7) is 2.34. The van der Waals surface area contributed by atoms with Gasteiger partial charge in [0, 0.05) is 39.3 Å². The summed E-state index contributed by atoms with van der Waals surface area (Å²) in [6.07, 6.45) is 2.81. The van der Waals surface area contributed by atoms with Gasteiger partial charge in [-0.2, -0.15) is 0 Å². The number of nitrogens with zero attached hydrogens (tertiary/aromatic N) is 1. The van der Waals surface area contributed by atoms with Crippen molar-refractivity contribution in [2.75, 3.05) is 40.4 Å². The number of methoxy groups -OCH3 is 1. The molecule has 148 valence electrons. The number of hydrogen-bond acceptors (Lipinski definition) is 5. The van der Waals surface area contributed by atoms with Crippen LogP contribution in [-0.2, 0) is 9.53 Å². The highest BCUT2D eigenvalue weighted by Crippen LogP contribution is 2.24. The molecule has 2 atom stereocenters. The van der Waals surface area contributed by atoms with Crippen LogP contribution in [0.15, 0.2) is 24.3 Å². The van der Waals surface area contributed by atoms with E-state index in [4.69, 9.17) is 4.74 Å². The minimum atomic E-state index is -0.206. The molecule has 1 fully saturated rings. The van der Waals surface area contributed by atoms with Gasteiger partial charge < -0.3 is 15.0 Å². The number of carbonyl (C=O) groups excluding carboxylic acids is 1. The van der Waals surface area contributed by atoms with Gasteiger partial charge in [-0.15, -0.1) is 12.4 Å². The van der Waals surface area contributed by atoms with Crippen molar-refractivity contribution < 1.29 is 13.9 Å². The summed E-state index contributed by atoms with van der Waals surface area (Å²) in [5, 5.41) is 3.06. The van der Waals surface area contributed by atoms with Crippen LogP contribution in [0.3, 0.4) is 0 Å². The lowest BCUT2D eigenvalue weighted by Crippen LogP contribution is -2.37. The second-order valence-corrected chi connectivity index (χ2v) is 6.46. The second-order valence-electron chi connectivity index (χ2n) is 6.46. The highest BCUT2D eigenvalue weighted by atomic mass is 35.5. The van der Waals surface area contributed by atoms with Crippen molar-refractivity contribution in [3.63, 3.8) is 0 Å². The van der Waals surface area contributed by atoms with Gasteiger partial charge in [-0.25, -0.2) is 4.39 Å². The maximum Gasteiger partial charge on any atom is 0.236 e. The molecular weight excluding hydrogens is 359 g/mol. The zero-order valence-electron chi connectivity index (χ0n) is 15.5. The van der Waals surface area contributed by atoms with E-state index in [0.717, 1.165) is 31.4 Å². The van der Waals surface area contributed by atoms with E-state index in [0.29, 0.717) is 25.7 Å². The quantitative estimate of drug-likeness (QED) is 0.532. The fraction of sp³-hybridized carbons (Fsp3) is 0.611. The standard InChI is InChI=1S/C18H29FN4O2.ClH/c1-23(18(24)13-20-8-10-25-2)9-4-7-16-12-17(22-21-16)14-5-3-6-15(19)11-14;/h3,5-6,11,16-17,20-22H,4,7-10,12-13H2,1-2H3;1H. The maximum absolute atomic E-state index is 13.3. The number of benzene rings is 1. The van der Waals surface area contributed by atoms with E-state index < -0.39 is 0 Å². The summed E-state index contributed by atoms with van der Waals surface area (Å²) >= 11 is 0. The van der Waals surface area contributed by atoms with Gasteiger partial charge in [0.15, 0.2) is 0 Å². The van der Waals surface area contributed by atoms with Gasteiger partial charge in [-0.05, 0) is 37.0 Å². The van der Waals surface area contributed by atoms with Crippen molar-refractivity contribution in [1.29, 1.82) is 0 Å². The fourth-order valence-electron chi connectivity index (χ4n) is 2.96. The first-order valence-corrected chi connectivity index (χ1v) is 8.80. The van der Waals surface area contributed by atoms with E-state index >= 15 is 0 Å². The maximum atomic E-state index is 13.3. The van der Waals surface area contributed by atoms with E-state index in [1.807, 2.05) is 13.1 Å². The molecule has 1 aromatic rings. The second kappa shape index (κ2) is 12.2. The molecule has 0 radical (unpaired) electrons. The first kappa shape index (κ1) is 22.8. The predicted molar refractivity (Wildman–Crippen MR) is 103 cm³/mol. The molecule has 6 nitrogen and oxygen atoms in total. The lowest BCUT2D eigenvalue weighted by molar-refractivity contribution is -0.129. The van der Waals surface area contributed by atoms with Crippen molar-refractivity contribution in [2.24, 2.45) is 0 Å². The van der Waals surface area contributed by atoms with Crippen molar-refractivity contribution >= 4 is 18.3 Å². The van der Waals surface area contributed by atoms with E-state index in [1.165, 1.54) is 6.07 Å². The number of carbonyl (C=O) groups is 1. The van der Waals surface area contributed by atoms with Crippen LogP contribution in [0.2, 0.25) is 0 Å². The summed E-state index contributed by atoms with van der Waals surface area (Å²) in [4.78, 5) is 13.7. The Labute approximate surface area is 161 Å². The lowest BCUT2D eigenvalue weighted by atomic mass is 9.99. The van der Waals surface area contributed by atoms with E-state index in [1.54, 1.807) is 24.1 Å². The minimum Gasteiger partial charge on any atom is -0.383 e. The smallest absolute Gasteiger partial charge is 0.236 e. The number of nitrogens with one attached hydrogen (secondary N) is 3. The third kappa shape index (κ3) is 7.55. The number of hydrogen-bond donors (Lipinski definition) is 3. The number of ether oxygens (including phenoxy) is 1. The monoisotopic (exact) mass is 388 g/mol. The highest BCUT2D eigenvalue weighted by Gasteiger charge is 2.24. The van der Waals surface area contributed by atoms with Gasteiger partial charge in [-0.3, -0.25) is 15.6 Å². The molecule has 0 spiro atoms. The highest BCUT2D eigenvalue weighted by molar-refractivity contribution is 5.85. The summed E-state index contributed by atoms with van der Waals surface area (Å²) < 4.78 is 18.3. The molecule has 2 rings (SSSR count). The van der Waals surface area contributed by atoms with Crippen LogP contribution in [0.1, 0.15) is 30.9 Å². The van der Waals surface area contributed by atoms with Crippen LogP contribution >= 0.6 is 12.4 Å². The minimum absolute atomic E-state index is 0. The van der Waals surface area contributed by atoms with Gasteiger partial charge in [0.25, 0.3) is 0 Å². The van der Waals surface area contributed by atoms with E-state index in [-0.39, 0.29) is 30.2 Å². The molecule has 1 amide bonds. The molecule has 1 aliphatic rings. The lowest BCUT2D eigenvalue weighted by Gasteiger charge is -2.18. The Morgan fingerprint density at radius 2 is 2.23 bits per heavy atom. The molecule has 0 aromatic heterocycles. The van der Waals surface area contributed by atoms with Crippen LogP contribution in [0.5, 0.6) is 0 Å². The first-order valence-electron chi connectivity index (χ1n) is 8.80. The van der Waals surface area contributed by atoms with Crippen LogP contribution in [0.25, 0.3) is 0 Å². The van der Waals surface area contributed by atoms with E-state index in [2.05, 4.69) is 16.2 Å². The van der Waals surface area contributed by atoms with E-state index in [9.17, 15) is 9.18 Å². The Balaban J connectivity index is 0.00000338. The Morgan fingerprint density at radius 1 is 1.42 bits per heavy atom. The molecule has 1 heterocycles. The molecule has 26 heavy (non-hydrogen) atoms. The molecule has 3 N–H and O–H groups in total. The molecule has 1 aliphatic heterocycles. The van der Waals surface area contributed by atoms with Crippen molar-refractivity contribution in [2.45, 2.75) is 31.3 Å². The number of hydrazine groups is 1. The normalized spacial score (nSPS) is 19.2. The van der Waals surface area contributed by atoms with Gasteiger partial charge in [0.05, 0.1) is 13.2 Å². The number of amides is 1. The van der Waals surface area contributed by atoms with Gasteiger partial charge >= 0.3 is 0 Å². The van der Waals surface area contributed by atoms with Crippen molar-refractivity contribution in [3.05, 3.63) is 35.6 Å². The van der Waals surface area contributed by atoms with Gasteiger partial charge in [0.1, 0.15) is 5.82 Å². The Hall–Kier alpha value is -1.25. The topological polar surface area (TPSA) is 65.6 Å². The molecule has 2 unspecified atom stereocenters. The molecule has 0 saturated carbocycles. The number of halogens is 2. The summed E-state index contributed by atoms with van der Waals surface area (Å²) in [5.74, 6) is -0.117.